The molecule has 1 aromatic heterocycles. The van der Waals surface area contributed by atoms with Gasteiger partial charge in [-0.3, -0.25) is 4.79 Å². The minimum atomic E-state index is 0.187. The molecule has 1 aliphatic rings. The highest BCUT2D eigenvalue weighted by Crippen LogP contribution is 2.06. The van der Waals surface area contributed by atoms with E-state index in [1.807, 2.05) is 11.0 Å². The quantitative estimate of drug-likeness (QED) is 0.787. The number of hydrogen-bond acceptors (Lipinski definition) is 4. The average molecular weight is 220 g/mol. The molecule has 1 aromatic rings. The Morgan fingerprint density at radius 3 is 2.94 bits per heavy atom. The summed E-state index contributed by atoms with van der Waals surface area (Å²) in [5.74, 6) is 0.187. The van der Waals surface area contributed by atoms with Crippen LogP contribution < -0.4 is 5.32 Å². The van der Waals surface area contributed by atoms with Crippen molar-refractivity contribution in [3.05, 3.63) is 24.3 Å². The van der Waals surface area contributed by atoms with Crippen LogP contribution in [0.5, 0.6) is 0 Å². The van der Waals surface area contributed by atoms with Gasteiger partial charge < -0.3 is 10.2 Å². The van der Waals surface area contributed by atoms with Crippen LogP contribution in [-0.2, 0) is 11.3 Å². The Morgan fingerprint density at radius 1 is 1.44 bits per heavy atom. The van der Waals surface area contributed by atoms with Crippen LogP contribution in [0.4, 0.5) is 0 Å². The Kier molecular flexibility index (Phi) is 3.82. The van der Waals surface area contributed by atoms with Crippen molar-refractivity contribution in [1.82, 2.24) is 20.2 Å². The molecule has 0 aliphatic carbocycles. The normalized spacial score (nSPS) is 15.4. The van der Waals surface area contributed by atoms with Crippen molar-refractivity contribution < 1.29 is 4.79 Å². The summed E-state index contributed by atoms with van der Waals surface area (Å²) in [6.07, 6.45) is 5.49. The van der Waals surface area contributed by atoms with Gasteiger partial charge in [-0.15, -0.1) is 0 Å². The van der Waals surface area contributed by atoms with Crippen LogP contribution in [-0.4, -0.2) is 40.4 Å². The maximum absolute atomic E-state index is 11.7. The second kappa shape index (κ2) is 5.55. The molecule has 5 nitrogen and oxygen atoms in total. The van der Waals surface area contributed by atoms with Crippen LogP contribution in [0, 0.1) is 0 Å². The number of nitrogens with zero attached hydrogens (tertiary/aromatic N) is 3. The highest BCUT2D eigenvalue weighted by Gasteiger charge is 2.16. The summed E-state index contributed by atoms with van der Waals surface area (Å²) in [7, 11) is 0. The van der Waals surface area contributed by atoms with E-state index in [2.05, 4.69) is 15.3 Å². The zero-order valence-electron chi connectivity index (χ0n) is 9.22. The van der Waals surface area contributed by atoms with Gasteiger partial charge in [0.15, 0.2) is 0 Å². The first-order valence-electron chi connectivity index (χ1n) is 5.59. The van der Waals surface area contributed by atoms with Crippen LogP contribution in [0.15, 0.2) is 18.6 Å². The number of nitrogens with one attached hydrogen (secondary N) is 1. The molecular weight excluding hydrogens is 204 g/mol. The van der Waals surface area contributed by atoms with E-state index in [0.29, 0.717) is 13.1 Å². The van der Waals surface area contributed by atoms with E-state index < -0.39 is 0 Å². The highest BCUT2D eigenvalue weighted by molar-refractivity contribution is 5.78. The SMILES string of the molecule is O=C(CNCc1ccncn1)N1CCCC1. The summed E-state index contributed by atoms with van der Waals surface area (Å²) in [4.78, 5) is 21.5. The Morgan fingerprint density at radius 2 is 2.25 bits per heavy atom. The van der Waals surface area contributed by atoms with E-state index in [1.54, 1.807) is 6.20 Å². The third kappa shape index (κ3) is 3.00. The van der Waals surface area contributed by atoms with Crippen molar-refractivity contribution in [1.29, 1.82) is 0 Å². The van der Waals surface area contributed by atoms with Gasteiger partial charge in [0.1, 0.15) is 6.33 Å². The number of likely N-dealkylation sites (tertiary alicyclic amines) is 1. The molecule has 16 heavy (non-hydrogen) atoms. The fourth-order valence-electron chi connectivity index (χ4n) is 1.80. The number of carbonyl (C=O) groups excluding carboxylic acids is 1. The van der Waals surface area contributed by atoms with E-state index in [9.17, 15) is 4.79 Å². The van der Waals surface area contributed by atoms with Crippen molar-refractivity contribution in [2.24, 2.45) is 0 Å². The average Bonchev–Trinajstić information content (AvgIpc) is 2.84. The number of rotatable bonds is 4. The predicted molar refractivity (Wildman–Crippen MR) is 59.6 cm³/mol. The van der Waals surface area contributed by atoms with Crippen molar-refractivity contribution in [2.75, 3.05) is 19.6 Å². The third-order valence-electron chi connectivity index (χ3n) is 2.68. The standard InChI is InChI=1S/C11H16N4O/c16-11(15-5-1-2-6-15)8-13-7-10-3-4-12-9-14-10/h3-4,9,13H,1-2,5-8H2. The molecule has 1 N–H and O–H groups in total. The van der Waals surface area contributed by atoms with Gasteiger partial charge >= 0.3 is 0 Å². The monoisotopic (exact) mass is 220 g/mol. The lowest BCUT2D eigenvalue weighted by Crippen LogP contribution is -2.36. The summed E-state index contributed by atoms with van der Waals surface area (Å²) < 4.78 is 0. The van der Waals surface area contributed by atoms with Crippen molar-refractivity contribution in [3.63, 3.8) is 0 Å². The number of hydrogen-bond donors (Lipinski definition) is 1. The molecule has 1 saturated heterocycles. The maximum Gasteiger partial charge on any atom is 0.236 e. The minimum absolute atomic E-state index is 0.187. The zero-order chi connectivity index (χ0) is 11.2. The van der Waals surface area contributed by atoms with Gasteiger partial charge in [-0.25, -0.2) is 9.97 Å². The molecule has 0 bridgehead atoms. The van der Waals surface area contributed by atoms with Crippen molar-refractivity contribution in [3.8, 4) is 0 Å². The molecule has 0 radical (unpaired) electrons. The molecular formula is C11H16N4O. The van der Waals surface area contributed by atoms with Gasteiger partial charge in [0, 0.05) is 25.8 Å². The summed E-state index contributed by atoms with van der Waals surface area (Å²) >= 11 is 0. The Bertz CT molecular complexity index is 335. The lowest BCUT2D eigenvalue weighted by atomic mass is 10.4. The molecule has 0 saturated carbocycles. The third-order valence-corrected chi connectivity index (χ3v) is 2.68. The van der Waals surface area contributed by atoms with E-state index in [-0.39, 0.29) is 5.91 Å². The van der Waals surface area contributed by atoms with E-state index >= 15 is 0 Å². The molecule has 1 fully saturated rings. The molecule has 5 heteroatoms. The lowest BCUT2D eigenvalue weighted by Gasteiger charge is -2.15. The van der Waals surface area contributed by atoms with Crippen LogP contribution in [0.3, 0.4) is 0 Å². The maximum atomic E-state index is 11.7. The Balaban J connectivity index is 1.70. The summed E-state index contributed by atoms with van der Waals surface area (Å²) in [5, 5.41) is 3.10. The molecule has 1 amide bonds. The summed E-state index contributed by atoms with van der Waals surface area (Å²) in [6, 6.07) is 1.84. The van der Waals surface area contributed by atoms with E-state index in [1.165, 1.54) is 6.33 Å². The van der Waals surface area contributed by atoms with Gasteiger partial charge in [-0.2, -0.15) is 0 Å². The lowest BCUT2D eigenvalue weighted by molar-refractivity contribution is -0.129. The van der Waals surface area contributed by atoms with E-state index in [0.717, 1.165) is 31.6 Å². The first kappa shape index (κ1) is 11.0. The second-order valence-corrected chi connectivity index (χ2v) is 3.89. The van der Waals surface area contributed by atoms with Crippen LogP contribution in [0.2, 0.25) is 0 Å². The number of aromatic nitrogens is 2. The number of amides is 1. The van der Waals surface area contributed by atoms with E-state index in [4.69, 9.17) is 0 Å². The second-order valence-electron chi connectivity index (χ2n) is 3.89. The Hall–Kier alpha value is -1.49. The van der Waals surface area contributed by atoms with Gasteiger partial charge in [-0.05, 0) is 18.9 Å². The topological polar surface area (TPSA) is 58.1 Å². The summed E-state index contributed by atoms with van der Waals surface area (Å²) in [5.41, 5.74) is 0.907. The molecule has 0 aromatic carbocycles. The molecule has 0 unspecified atom stereocenters. The fraction of sp³-hybridized carbons (Fsp3) is 0.545. The van der Waals surface area contributed by atoms with Crippen LogP contribution in [0.1, 0.15) is 18.5 Å². The van der Waals surface area contributed by atoms with Gasteiger partial charge in [0.25, 0.3) is 0 Å². The van der Waals surface area contributed by atoms with Gasteiger partial charge in [0.05, 0.1) is 12.2 Å². The van der Waals surface area contributed by atoms with Crippen molar-refractivity contribution >= 4 is 5.91 Å². The van der Waals surface area contributed by atoms with Crippen molar-refractivity contribution in [2.45, 2.75) is 19.4 Å². The number of carbonyl (C=O) groups is 1. The van der Waals surface area contributed by atoms with Gasteiger partial charge in [0.2, 0.25) is 5.91 Å². The fourth-order valence-corrected chi connectivity index (χ4v) is 1.80. The molecule has 1 aliphatic heterocycles. The molecule has 2 rings (SSSR count). The van der Waals surface area contributed by atoms with Gasteiger partial charge in [-0.1, -0.05) is 0 Å². The first-order chi connectivity index (χ1) is 7.86. The molecule has 0 spiro atoms. The molecule has 86 valence electrons. The minimum Gasteiger partial charge on any atom is -0.342 e. The summed E-state index contributed by atoms with van der Waals surface area (Å²) in [6.45, 7) is 2.83. The first-order valence-corrected chi connectivity index (χ1v) is 5.59. The van der Waals surface area contributed by atoms with Crippen LogP contribution in [0.25, 0.3) is 0 Å². The Labute approximate surface area is 94.9 Å². The van der Waals surface area contributed by atoms with Crippen LogP contribution >= 0.6 is 0 Å². The molecule has 0 atom stereocenters. The largest absolute Gasteiger partial charge is 0.342 e. The smallest absolute Gasteiger partial charge is 0.236 e. The predicted octanol–water partition coefficient (Wildman–Crippen LogP) is 0.189. The zero-order valence-corrected chi connectivity index (χ0v) is 9.22. The molecule has 2 heterocycles. The highest BCUT2D eigenvalue weighted by atomic mass is 16.2.